The third-order valence-corrected chi connectivity index (χ3v) is 3.91. The van der Waals surface area contributed by atoms with E-state index in [1.54, 1.807) is 12.1 Å². The highest BCUT2D eigenvalue weighted by Gasteiger charge is 2.27. The van der Waals surface area contributed by atoms with Crippen LogP contribution in [0, 0.1) is 17.2 Å². The van der Waals surface area contributed by atoms with Crippen molar-refractivity contribution in [2.75, 3.05) is 13.2 Å². The fourth-order valence-electron chi connectivity index (χ4n) is 2.58. The quantitative estimate of drug-likeness (QED) is 0.855. The number of ether oxygens (including phenoxy) is 1. The second kappa shape index (κ2) is 7.24. The van der Waals surface area contributed by atoms with E-state index in [0.717, 1.165) is 18.4 Å². The summed E-state index contributed by atoms with van der Waals surface area (Å²) >= 11 is 0. The van der Waals surface area contributed by atoms with Gasteiger partial charge in [-0.05, 0) is 44.4 Å². The lowest BCUT2D eigenvalue weighted by atomic mass is 9.97. The van der Waals surface area contributed by atoms with Crippen molar-refractivity contribution in [1.29, 1.82) is 5.26 Å². The molecule has 4 heteroatoms. The van der Waals surface area contributed by atoms with Crippen LogP contribution in [0.5, 0.6) is 0 Å². The second-order valence-corrected chi connectivity index (χ2v) is 5.76. The molecule has 1 aliphatic rings. The van der Waals surface area contributed by atoms with E-state index in [9.17, 15) is 4.79 Å². The summed E-state index contributed by atoms with van der Waals surface area (Å²) in [5.41, 5.74) is 1.70. The number of rotatable bonds is 4. The molecule has 1 aromatic rings. The lowest BCUT2D eigenvalue weighted by Gasteiger charge is -2.32. The highest BCUT2D eigenvalue weighted by Crippen LogP contribution is 2.20. The predicted molar refractivity (Wildman–Crippen MR) is 80.4 cm³/mol. The van der Waals surface area contributed by atoms with Gasteiger partial charge in [0.25, 0.3) is 0 Å². The highest BCUT2D eigenvalue weighted by molar-refractivity contribution is 5.79. The number of carbonyl (C=O) groups excluding carboxylic acids is 1. The molecule has 1 amide bonds. The molecule has 4 nitrogen and oxygen atoms in total. The minimum absolute atomic E-state index is 0.0829. The van der Waals surface area contributed by atoms with Crippen molar-refractivity contribution >= 4 is 5.91 Å². The number of nitrogens with zero attached hydrogens (tertiary/aromatic N) is 2. The Morgan fingerprint density at radius 2 is 1.95 bits per heavy atom. The third-order valence-electron chi connectivity index (χ3n) is 3.91. The van der Waals surface area contributed by atoms with E-state index in [4.69, 9.17) is 10.00 Å². The van der Waals surface area contributed by atoms with Gasteiger partial charge in [-0.15, -0.1) is 0 Å². The van der Waals surface area contributed by atoms with Gasteiger partial charge < -0.3 is 9.64 Å². The summed E-state index contributed by atoms with van der Waals surface area (Å²) < 4.78 is 5.33. The SMILES string of the molecule is CC(C)N(Cc1ccc(C#N)cc1)C(=O)C1CCOCC1. The Hall–Kier alpha value is -1.86. The van der Waals surface area contributed by atoms with E-state index < -0.39 is 0 Å². The molecule has 1 aromatic carbocycles. The molecule has 0 unspecified atom stereocenters. The first-order valence-corrected chi connectivity index (χ1v) is 7.49. The van der Waals surface area contributed by atoms with Crippen molar-refractivity contribution < 1.29 is 9.53 Å². The van der Waals surface area contributed by atoms with Crippen molar-refractivity contribution in [3.8, 4) is 6.07 Å². The van der Waals surface area contributed by atoms with Gasteiger partial charge in [0.2, 0.25) is 5.91 Å². The fraction of sp³-hybridized carbons (Fsp3) is 0.529. The molecule has 0 aliphatic carbocycles. The van der Waals surface area contributed by atoms with Gasteiger partial charge in [0, 0.05) is 31.7 Å². The number of hydrogen-bond donors (Lipinski definition) is 0. The molecule has 1 aliphatic heterocycles. The number of nitriles is 1. The third kappa shape index (κ3) is 4.05. The normalized spacial score (nSPS) is 15.7. The van der Waals surface area contributed by atoms with Gasteiger partial charge in [-0.25, -0.2) is 0 Å². The van der Waals surface area contributed by atoms with Gasteiger partial charge in [0.15, 0.2) is 0 Å². The van der Waals surface area contributed by atoms with Crippen molar-refractivity contribution in [2.45, 2.75) is 39.3 Å². The first-order chi connectivity index (χ1) is 10.1. The van der Waals surface area contributed by atoms with Gasteiger partial charge in [-0.1, -0.05) is 12.1 Å². The zero-order chi connectivity index (χ0) is 15.2. The van der Waals surface area contributed by atoms with Gasteiger partial charge in [0.05, 0.1) is 11.6 Å². The van der Waals surface area contributed by atoms with Crippen LogP contribution in [0.2, 0.25) is 0 Å². The maximum Gasteiger partial charge on any atom is 0.226 e. The molecule has 0 aromatic heterocycles. The number of benzene rings is 1. The lowest BCUT2D eigenvalue weighted by molar-refractivity contribution is -0.141. The average molecular weight is 286 g/mol. The van der Waals surface area contributed by atoms with Crippen molar-refractivity contribution in [3.05, 3.63) is 35.4 Å². The number of amides is 1. The Morgan fingerprint density at radius 3 is 2.48 bits per heavy atom. The molecule has 0 spiro atoms. The van der Waals surface area contributed by atoms with Gasteiger partial charge in [-0.2, -0.15) is 5.26 Å². The summed E-state index contributed by atoms with van der Waals surface area (Å²) in [4.78, 5) is 14.6. The van der Waals surface area contributed by atoms with Crippen LogP contribution in [0.25, 0.3) is 0 Å². The van der Waals surface area contributed by atoms with Crippen LogP contribution in [0.1, 0.15) is 37.8 Å². The Morgan fingerprint density at radius 1 is 1.33 bits per heavy atom. The molecule has 2 rings (SSSR count). The zero-order valence-electron chi connectivity index (χ0n) is 12.7. The van der Waals surface area contributed by atoms with Crippen molar-refractivity contribution in [1.82, 2.24) is 4.90 Å². The number of hydrogen-bond acceptors (Lipinski definition) is 3. The summed E-state index contributed by atoms with van der Waals surface area (Å²) in [7, 11) is 0. The minimum Gasteiger partial charge on any atom is -0.381 e. The summed E-state index contributed by atoms with van der Waals surface area (Å²) in [6, 6.07) is 9.71. The predicted octanol–water partition coefficient (Wildman–Crippen LogP) is 2.72. The number of carbonyl (C=O) groups is 1. The first kappa shape index (κ1) is 15.5. The molecule has 112 valence electrons. The monoisotopic (exact) mass is 286 g/mol. The van der Waals surface area contributed by atoms with Crippen LogP contribution >= 0.6 is 0 Å². The van der Waals surface area contributed by atoms with E-state index in [1.165, 1.54) is 0 Å². The molecule has 0 saturated carbocycles. The molecule has 0 N–H and O–H groups in total. The molecular formula is C17H22N2O2. The van der Waals surface area contributed by atoms with E-state index in [-0.39, 0.29) is 17.9 Å². The summed E-state index contributed by atoms with van der Waals surface area (Å²) in [6.07, 6.45) is 1.63. The lowest BCUT2D eigenvalue weighted by Crippen LogP contribution is -2.42. The van der Waals surface area contributed by atoms with Crippen LogP contribution < -0.4 is 0 Å². The molecular weight excluding hydrogens is 264 g/mol. The second-order valence-electron chi connectivity index (χ2n) is 5.76. The molecule has 0 radical (unpaired) electrons. The Labute approximate surface area is 126 Å². The Balaban J connectivity index is 2.07. The average Bonchev–Trinajstić information content (AvgIpc) is 2.53. The molecule has 1 fully saturated rings. The maximum atomic E-state index is 12.7. The van der Waals surface area contributed by atoms with Crippen molar-refractivity contribution in [3.63, 3.8) is 0 Å². The van der Waals surface area contributed by atoms with Crippen LogP contribution in [-0.2, 0) is 16.1 Å². The minimum atomic E-state index is 0.0829. The molecule has 1 heterocycles. The van der Waals surface area contributed by atoms with Crippen LogP contribution in [0.3, 0.4) is 0 Å². The standard InChI is InChI=1S/C17H22N2O2/c1-13(2)19(17(20)16-7-9-21-10-8-16)12-15-5-3-14(11-18)4-6-15/h3-6,13,16H,7-10,12H2,1-2H3. The van der Waals surface area contributed by atoms with E-state index in [2.05, 4.69) is 6.07 Å². The topological polar surface area (TPSA) is 53.3 Å². The van der Waals surface area contributed by atoms with Crippen molar-refractivity contribution in [2.24, 2.45) is 5.92 Å². The van der Waals surface area contributed by atoms with Crippen LogP contribution in [0.4, 0.5) is 0 Å². The van der Waals surface area contributed by atoms with E-state index >= 15 is 0 Å². The summed E-state index contributed by atoms with van der Waals surface area (Å²) in [5, 5.41) is 8.83. The fourth-order valence-corrected chi connectivity index (χ4v) is 2.58. The van der Waals surface area contributed by atoms with E-state index in [1.807, 2.05) is 30.9 Å². The molecule has 0 bridgehead atoms. The van der Waals surface area contributed by atoms with Gasteiger partial charge in [0.1, 0.15) is 0 Å². The van der Waals surface area contributed by atoms with E-state index in [0.29, 0.717) is 25.3 Å². The summed E-state index contributed by atoms with van der Waals surface area (Å²) in [6.45, 7) is 6.04. The smallest absolute Gasteiger partial charge is 0.226 e. The molecule has 0 atom stereocenters. The van der Waals surface area contributed by atoms with Crippen LogP contribution in [0.15, 0.2) is 24.3 Å². The highest BCUT2D eigenvalue weighted by atomic mass is 16.5. The maximum absolute atomic E-state index is 12.7. The van der Waals surface area contributed by atoms with Crippen LogP contribution in [-0.4, -0.2) is 30.1 Å². The molecule has 1 saturated heterocycles. The summed E-state index contributed by atoms with van der Waals surface area (Å²) in [5.74, 6) is 0.303. The largest absolute Gasteiger partial charge is 0.381 e. The zero-order valence-corrected chi connectivity index (χ0v) is 12.7. The Kier molecular flexibility index (Phi) is 5.35. The molecule has 21 heavy (non-hydrogen) atoms. The first-order valence-electron chi connectivity index (χ1n) is 7.49. The Bertz CT molecular complexity index is 511. The van der Waals surface area contributed by atoms with Gasteiger partial charge in [-0.3, -0.25) is 4.79 Å². The van der Waals surface area contributed by atoms with Gasteiger partial charge >= 0.3 is 0 Å².